The third kappa shape index (κ3) is 13.0. The molecule has 2 heteroatoms. The smallest absolute Gasteiger partial charge is 0.122 e. The molecule has 0 bridgehead atoms. The van der Waals surface area contributed by atoms with Gasteiger partial charge in [0.05, 0.1) is 6.61 Å². The molecule has 1 unspecified atom stereocenters. The normalized spacial score (nSPS) is 15.6. The Kier molecular flexibility index (Phi) is 14.0. The lowest BCUT2D eigenvalue weighted by Gasteiger charge is -2.10. The Balaban J connectivity index is 1.34. The summed E-state index contributed by atoms with van der Waals surface area (Å²) >= 11 is 0. The standard InChI is InChI=1S/C27H46O2/c1-2-3-4-5-6-7-8-9-10-11-12-13-14-15-16-17-20-25-21-18-19-22-27(25)29-24-26-23-28-26/h18-19,21-22,26H,2-17,20,23-24H2,1H3. The zero-order valence-electron chi connectivity index (χ0n) is 19.1. The van der Waals surface area contributed by atoms with E-state index < -0.39 is 0 Å². The van der Waals surface area contributed by atoms with Crippen LogP contribution in [0.2, 0.25) is 0 Å². The second-order valence-corrected chi connectivity index (χ2v) is 8.93. The number of hydrogen-bond acceptors (Lipinski definition) is 2. The van der Waals surface area contributed by atoms with Crippen LogP contribution in [0.15, 0.2) is 24.3 Å². The van der Waals surface area contributed by atoms with Gasteiger partial charge >= 0.3 is 0 Å². The zero-order chi connectivity index (χ0) is 20.4. The molecule has 1 aliphatic heterocycles. The summed E-state index contributed by atoms with van der Waals surface area (Å²) in [5.41, 5.74) is 1.36. The van der Waals surface area contributed by atoms with E-state index in [2.05, 4.69) is 31.2 Å². The van der Waals surface area contributed by atoms with Gasteiger partial charge in [0.2, 0.25) is 0 Å². The van der Waals surface area contributed by atoms with Gasteiger partial charge in [0.25, 0.3) is 0 Å². The second-order valence-electron chi connectivity index (χ2n) is 8.93. The molecule has 166 valence electrons. The minimum Gasteiger partial charge on any atom is -0.491 e. The van der Waals surface area contributed by atoms with Crippen molar-refractivity contribution in [2.75, 3.05) is 13.2 Å². The second kappa shape index (κ2) is 16.7. The quantitative estimate of drug-likeness (QED) is 0.162. The van der Waals surface area contributed by atoms with E-state index in [9.17, 15) is 0 Å². The van der Waals surface area contributed by atoms with Gasteiger partial charge in [-0.2, -0.15) is 0 Å². The van der Waals surface area contributed by atoms with E-state index in [1.807, 2.05) is 0 Å². The van der Waals surface area contributed by atoms with Crippen LogP contribution in [0.5, 0.6) is 5.75 Å². The molecule has 2 rings (SSSR count). The van der Waals surface area contributed by atoms with E-state index in [0.29, 0.717) is 12.7 Å². The van der Waals surface area contributed by atoms with Gasteiger partial charge in [0.15, 0.2) is 0 Å². The van der Waals surface area contributed by atoms with Crippen LogP contribution in [0.4, 0.5) is 0 Å². The van der Waals surface area contributed by atoms with Crippen LogP contribution in [0.1, 0.15) is 115 Å². The van der Waals surface area contributed by atoms with Crippen LogP contribution in [0.25, 0.3) is 0 Å². The van der Waals surface area contributed by atoms with Crippen molar-refractivity contribution in [2.45, 2.75) is 122 Å². The first kappa shape index (κ1) is 24.3. The molecular formula is C27H46O2. The highest BCUT2D eigenvalue weighted by atomic mass is 16.6. The summed E-state index contributed by atoms with van der Waals surface area (Å²) in [7, 11) is 0. The Morgan fingerprint density at radius 1 is 0.724 bits per heavy atom. The van der Waals surface area contributed by atoms with Crippen molar-refractivity contribution in [1.29, 1.82) is 0 Å². The predicted octanol–water partition coefficient (Wildman–Crippen LogP) is 8.27. The average molecular weight is 403 g/mol. The van der Waals surface area contributed by atoms with E-state index in [1.165, 1.54) is 108 Å². The van der Waals surface area contributed by atoms with Crippen molar-refractivity contribution < 1.29 is 9.47 Å². The molecule has 0 radical (unpaired) electrons. The van der Waals surface area contributed by atoms with E-state index in [4.69, 9.17) is 9.47 Å². The summed E-state index contributed by atoms with van der Waals surface area (Å²) in [6.07, 6.45) is 24.2. The molecule has 2 nitrogen and oxygen atoms in total. The third-order valence-corrected chi connectivity index (χ3v) is 6.10. The fraction of sp³-hybridized carbons (Fsp3) is 0.778. The largest absolute Gasteiger partial charge is 0.491 e. The number of rotatable bonds is 20. The Bertz CT molecular complexity index is 495. The van der Waals surface area contributed by atoms with E-state index in [0.717, 1.165) is 18.8 Å². The molecule has 0 N–H and O–H groups in total. The van der Waals surface area contributed by atoms with Crippen molar-refractivity contribution in [3.63, 3.8) is 0 Å². The first-order valence-electron chi connectivity index (χ1n) is 12.7. The molecule has 1 aromatic carbocycles. The molecule has 1 atom stereocenters. The fourth-order valence-electron chi connectivity index (χ4n) is 4.06. The molecule has 0 aliphatic carbocycles. The molecule has 1 aromatic rings. The summed E-state index contributed by atoms with van der Waals surface area (Å²) in [5.74, 6) is 1.06. The third-order valence-electron chi connectivity index (χ3n) is 6.10. The van der Waals surface area contributed by atoms with Gasteiger partial charge in [0.1, 0.15) is 18.5 Å². The summed E-state index contributed by atoms with van der Waals surface area (Å²) in [6.45, 7) is 3.86. The van der Waals surface area contributed by atoms with Crippen molar-refractivity contribution in [2.24, 2.45) is 0 Å². The summed E-state index contributed by atoms with van der Waals surface area (Å²) in [4.78, 5) is 0. The Morgan fingerprint density at radius 3 is 1.72 bits per heavy atom. The SMILES string of the molecule is CCCCCCCCCCCCCCCCCCc1ccccc1OCC1CO1. The highest BCUT2D eigenvalue weighted by Gasteiger charge is 2.23. The van der Waals surface area contributed by atoms with Crippen molar-refractivity contribution in [3.05, 3.63) is 29.8 Å². The van der Waals surface area contributed by atoms with Crippen molar-refractivity contribution >= 4 is 0 Å². The highest BCUT2D eigenvalue weighted by Crippen LogP contribution is 2.22. The first-order valence-corrected chi connectivity index (χ1v) is 12.7. The van der Waals surface area contributed by atoms with Gasteiger partial charge in [-0.1, -0.05) is 121 Å². The number of ether oxygens (including phenoxy) is 2. The maximum atomic E-state index is 5.92. The Labute approximate surface area is 180 Å². The summed E-state index contributed by atoms with van der Waals surface area (Å²) in [6, 6.07) is 8.51. The number of benzene rings is 1. The molecule has 0 aromatic heterocycles. The summed E-state index contributed by atoms with van der Waals surface area (Å²) < 4.78 is 11.2. The van der Waals surface area contributed by atoms with Crippen LogP contribution < -0.4 is 4.74 Å². The van der Waals surface area contributed by atoms with Crippen LogP contribution in [-0.2, 0) is 11.2 Å². The number of para-hydroxylation sites is 1. The van der Waals surface area contributed by atoms with Gasteiger partial charge < -0.3 is 9.47 Å². The molecule has 1 aliphatic rings. The topological polar surface area (TPSA) is 21.8 Å². The van der Waals surface area contributed by atoms with Crippen LogP contribution in [0.3, 0.4) is 0 Å². The predicted molar refractivity (Wildman–Crippen MR) is 125 cm³/mol. The van der Waals surface area contributed by atoms with Gasteiger partial charge in [-0.25, -0.2) is 0 Å². The van der Waals surface area contributed by atoms with Gasteiger partial charge in [-0.15, -0.1) is 0 Å². The average Bonchev–Trinajstić information content (AvgIpc) is 3.57. The number of unbranched alkanes of at least 4 members (excludes halogenated alkanes) is 15. The van der Waals surface area contributed by atoms with Gasteiger partial charge in [0, 0.05) is 0 Å². The lowest BCUT2D eigenvalue weighted by Crippen LogP contribution is -2.05. The monoisotopic (exact) mass is 402 g/mol. The molecule has 0 saturated carbocycles. The van der Waals surface area contributed by atoms with E-state index >= 15 is 0 Å². The van der Waals surface area contributed by atoms with Crippen molar-refractivity contribution in [3.8, 4) is 5.75 Å². The number of hydrogen-bond donors (Lipinski definition) is 0. The van der Waals surface area contributed by atoms with E-state index in [1.54, 1.807) is 0 Å². The first-order chi connectivity index (χ1) is 14.4. The van der Waals surface area contributed by atoms with Gasteiger partial charge in [-0.05, 0) is 24.5 Å². The van der Waals surface area contributed by atoms with Crippen LogP contribution in [-0.4, -0.2) is 19.3 Å². The maximum absolute atomic E-state index is 5.92. The summed E-state index contributed by atoms with van der Waals surface area (Å²) in [5, 5.41) is 0. The van der Waals surface area contributed by atoms with E-state index in [-0.39, 0.29) is 0 Å². The van der Waals surface area contributed by atoms with Gasteiger partial charge in [-0.3, -0.25) is 0 Å². The maximum Gasteiger partial charge on any atom is 0.122 e. The Morgan fingerprint density at radius 2 is 1.21 bits per heavy atom. The number of aryl methyl sites for hydroxylation is 1. The fourth-order valence-corrected chi connectivity index (χ4v) is 4.06. The molecule has 1 heterocycles. The molecule has 1 saturated heterocycles. The molecule has 0 spiro atoms. The minimum atomic E-state index is 0.332. The minimum absolute atomic E-state index is 0.332. The molecule has 1 fully saturated rings. The molecule has 29 heavy (non-hydrogen) atoms. The van der Waals surface area contributed by atoms with Crippen LogP contribution >= 0.6 is 0 Å². The molecule has 0 amide bonds. The molecular weight excluding hydrogens is 356 g/mol. The van der Waals surface area contributed by atoms with Crippen LogP contribution in [0, 0.1) is 0 Å². The lowest BCUT2D eigenvalue weighted by atomic mass is 10.0. The van der Waals surface area contributed by atoms with Crippen molar-refractivity contribution in [1.82, 2.24) is 0 Å². The zero-order valence-corrected chi connectivity index (χ0v) is 19.1. The number of epoxide rings is 1. The lowest BCUT2D eigenvalue weighted by molar-refractivity contribution is 0.261. The Hall–Kier alpha value is -1.02. The highest BCUT2D eigenvalue weighted by molar-refractivity contribution is 5.33.